The lowest BCUT2D eigenvalue weighted by atomic mass is 9.82. The number of hydrogen-bond acceptors (Lipinski definition) is 5. The molecular weight excluding hydrogens is 383 g/mol. The van der Waals surface area contributed by atoms with Gasteiger partial charge in [0.1, 0.15) is 5.69 Å². The topological polar surface area (TPSA) is 77.5 Å². The zero-order valence-electron chi connectivity index (χ0n) is 17.0. The molecule has 0 aromatic carbocycles. The summed E-state index contributed by atoms with van der Waals surface area (Å²) in [5.74, 6) is 0.697. The van der Waals surface area contributed by atoms with E-state index in [2.05, 4.69) is 42.9 Å². The summed E-state index contributed by atoms with van der Waals surface area (Å²) in [6.07, 6.45) is 2.64. The van der Waals surface area contributed by atoms with Gasteiger partial charge in [-0.25, -0.2) is 9.97 Å². The molecule has 2 bridgehead atoms. The van der Waals surface area contributed by atoms with Gasteiger partial charge in [0, 0.05) is 37.4 Å². The van der Waals surface area contributed by atoms with E-state index in [4.69, 9.17) is 0 Å². The number of hydrogen-bond donors (Lipinski definition) is 3. The Bertz CT molecular complexity index is 681. The number of aromatic nitrogens is 2. The molecule has 1 aromatic heterocycles. The predicted octanol–water partition coefficient (Wildman–Crippen LogP) is 2.48. The van der Waals surface area contributed by atoms with Crippen molar-refractivity contribution in [2.24, 2.45) is 4.99 Å². The second kappa shape index (κ2) is 9.60. The maximum absolute atomic E-state index is 12.7. The quantitative estimate of drug-likeness (QED) is 0.378. The molecule has 10 heteroatoms. The van der Waals surface area contributed by atoms with Gasteiger partial charge in [-0.3, -0.25) is 4.99 Å². The Hall–Kier alpha value is -2.10. The first-order chi connectivity index (χ1) is 13.9. The molecule has 1 aromatic rings. The van der Waals surface area contributed by atoms with Crippen LogP contribution in [0, 0.1) is 0 Å². The van der Waals surface area contributed by atoms with E-state index in [0.29, 0.717) is 31.2 Å². The zero-order valence-corrected chi connectivity index (χ0v) is 17.0. The van der Waals surface area contributed by atoms with Crippen molar-refractivity contribution in [1.29, 1.82) is 0 Å². The number of alkyl halides is 3. The van der Waals surface area contributed by atoms with E-state index in [-0.39, 0.29) is 5.95 Å². The second-order valence-electron chi connectivity index (χ2n) is 7.67. The number of anilines is 1. The fourth-order valence-corrected chi connectivity index (χ4v) is 4.18. The fourth-order valence-electron chi connectivity index (χ4n) is 4.18. The molecule has 3 N–H and O–H groups in total. The van der Waals surface area contributed by atoms with Crippen LogP contribution in [0.2, 0.25) is 0 Å². The number of nitrogens with one attached hydrogen (secondary N) is 3. The van der Waals surface area contributed by atoms with Gasteiger partial charge in [0.2, 0.25) is 5.95 Å². The van der Waals surface area contributed by atoms with E-state index in [0.717, 1.165) is 37.6 Å². The molecule has 7 nitrogen and oxygen atoms in total. The molecule has 0 spiro atoms. The Morgan fingerprint density at radius 2 is 2.00 bits per heavy atom. The van der Waals surface area contributed by atoms with Crippen LogP contribution < -0.4 is 16.0 Å². The third-order valence-corrected chi connectivity index (χ3v) is 5.64. The molecule has 2 aliphatic rings. The smallest absolute Gasteiger partial charge is 0.357 e. The van der Waals surface area contributed by atoms with Gasteiger partial charge in [-0.15, -0.1) is 0 Å². The number of fused-ring (bicyclic) bond motifs is 2. The lowest BCUT2D eigenvalue weighted by molar-refractivity contribution is -0.141. The molecule has 3 heterocycles. The lowest BCUT2D eigenvalue weighted by Gasteiger charge is -2.47. The first kappa shape index (κ1) is 21.6. The molecule has 2 aliphatic heterocycles. The largest absolute Gasteiger partial charge is 0.433 e. The fraction of sp³-hybridized carbons (Fsp3) is 0.737. The normalized spacial score (nSPS) is 25.6. The van der Waals surface area contributed by atoms with Gasteiger partial charge in [0.05, 0.1) is 6.54 Å². The molecule has 2 saturated heterocycles. The number of nitrogens with zero attached hydrogens (tertiary/aromatic N) is 4. The van der Waals surface area contributed by atoms with E-state index in [1.54, 1.807) is 0 Å². The maximum Gasteiger partial charge on any atom is 0.433 e. The molecule has 162 valence electrons. The van der Waals surface area contributed by atoms with E-state index >= 15 is 0 Å². The van der Waals surface area contributed by atoms with Crippen molar-refractivity contribution in [3.05, 3.63) is 18.0 Å². The highest BCUT2D eigenvalue weighted by molar-refractivity contribution is 5.80. The van der Waals surface area contributed by atoms with Crippen LogP contribution in [0.5, 0.6) is 0 Å². The van der Waals surface area contributed by atoms with E-state index in [9.17, 15) is 13.2 Å². The summed E-state index contributed by atoms with van der Waals surface area (Å²) in [5, 5.41) is 9.60. The molecule has 29 heavy (non-hydrogen) atoms. The van der Waals surface area contributed by atoms with Crippen LogP contribution in [-0.2, 0) is 6.18 Å². The van der Waals surface area contributed by atoms with E-state index in [1.807, 2.05) is 6.92 Å². The molecular formula is C19H30F3N7. The van der Waals surface area contributed by atoms with Crippen LogP contribution in [0.25, 0.3) is 0 Å². The van der Waals surface area contributed by atoms with Crippen molar-refractivity contribution in [2.75, 3.05) is 32.0 Å². The minimum atomic E-state index is -4.48. The SMILES string of the molecule is CCNC(=NCCNc1nccc(C(F)(F)F)n1)NC1CC2CCCC(C1)N2C. The van der Waals surface area contributed by atoms with Crippen molar-refractivity contribution in [1.82, 2.24) is 25.5 Å². The van der Waals surface area contributed by atoms with E-state index < -0.39 is 11.9 Å². The number of aliphatic imine (C=N–C) groups is 1. The monoisotopic (exact) mass is 413 g/mol. The van der Waals surface area contributed by atoms with Crippen molar-refractivity contribution < 1.29 is 13.2 Å². The summed E-state index contributed by atoms with van der Waals surface area (Å²) < 4.78 is 38.2. The average molecular weight is 413 g/mol. The molecule has 0 radical (unpaired) electrons. The number of guanidine groups is 1. The standard InChI is InChI=1S/C19H30F3N7/c1-3-23-17(27-13-11-14-5-4-6-15(12-13)29(14)2)25-9-10-26-18-24-8-7-16(28-18)19(20,21)22/h7-8,13-15H,3-6,9-12H2,1-2H3,(H2,23,25,27)(H,24,26,28). The van der Waals surface area contributed by atoms with Crippen molar-refractivity contribution in [3.63, 3.8) is 0 Å². The van der Waals surface area contributed by atoms with Crippen molar-refractivity contribution in [3.8, 4) is 0 Å². The van der Waals surface area contributed by atoms with Crippen LogP contribution in [0.4, 0.5) is 19.1 Å². The molecule has 0 saturated carbocycles. The summed E-state index contributed by atoms with van der Waals surface area (Å²) in [6.45, 7) is 3.50. The first-order valence-corrected chi connectivity index (χ1v) is 10.3. The maximum atomic E-state index is 12.7. The Balaban J connectivity index is 1.51. The molecule has 2 unspecified atom stereocenters. The van der Waals surface area contributed by atoms with Gasteiger partial charge in [-0.05, 0) is 45.7 Å². The number of piperidine rings is 2. The lowest BCUT2D eigenvalue weighted by Crippen LogP contribution is -2.56. The minimum Gasteiger partial charge on any atom is -0.357 e. The Kier molecular flexibility index (Phi) is 7.15. The van der Waals surface area contributed by atoms with Gasteiger partial charge in [0.25, 0.3) is 0 Å². The second-order valence-corrected chi connectivity index (χ2v) is 7.67. The van der Waals surface area contributed by atoms with Crippen molar-refractivity contribution in [2.45, 2.75) is 63.3 Å². The van der Waals surface area contributed by atoms with E-state index in [1.165, 1.54) is 19.3 Å². The van der Waals surface area contributed by atoms with Crippen molar-refractivity contribution >= 4 is 11.9 Å². The summed E-state index contributed by atoms with van der Waals surface area (Å²) in [5.41, 5.74) is -0.957. The first-order valence-electron chi connectivity index (χ1n) is 10.3. The molecule has 2 atom stereocenters. The summed E-state index contributed by atoms with van der Waals surface area (Å²) >= 11 is 0. The Labute approximate surface area is 169 Å². The highest BCUT2D eigenvalue weighted by Gasteiger charge is 2.36. The molecule has 0 amide bonds. The Morgan fingerprint density at radius 1 is 1.28 bits per heavy atom. The molecule has 3 rings (SSSR count). The van der Waals surface area contributed by atoms with Gasteiger partial charge < -0.3 is 20.9 Å². The highest BCUT2D eigenvalue weighted by Crippen LogP contribution is 2.32. The van der Waals surface area contributed by atoms with Crippen LogP contribution in [0.15, 0.2) is 17.3 Å². The van der Waals surface area contributed by atoms with Gasteiger partial charge >= 0.3 is 6.18 Å². The van der Waals surface area contributed by atoms with Crippen LogP contribution in [0.3, 0.4) is 0 Å². The van der Waals surface area contributed by atoms with Crippen LogP contribution in [-0.4, -0.2) is 65.6 Å². The molecule has 2 fully saturated rings. The summed E-state index contributed by atoms with van der Waals surface area (Å²) in [6, 6.07) is 2.50. The highest BCUT2D eigenvalue weighted by atomic mass is 19.4. The molecule has 0 aliphatic carbocycles. The van der Waals surface area contributed by atoms with Crippen LogP contribution in [0.1, 0.15) is 44.7 Å². The zero-order chi connectivity index (χ0) is 20.9. The predicted molar refractivity (Wildman–Crippen MR) is 107 cm³/mol. The van der Waals surface area contributed by atoms with Gasteiger partial charge in [-0.1, -0.05) is 6.42 Å². The van der Waals surface area contributed by atoms with Gasteiger partial charge in [0.15, 0.2) is 5.96 Å². The third-order valence-electron chi connectivity index (χ3n) is 5.64. The number of rotatable bonds is 6. The minimum absolute atomic E-state index is 0.0453. The van der Waals surface area contributed by atoms with Gasteiger partial charge in [-0.2, -0.15) is 13.2 Å². The number of halogens is 3. The third kappa shape index (κ3) is 5.94. The summed E-state index contributed by atoms with van der Waals surface area (Å²) in [4.78, 5) is 14.4. The average Bonchev–Trinajstić information content (AvgIpc) is 2.66. The summed E-state index contributed by atoms with van der Waals surface area (Å²) in [7, 11) is 2.23. The Morgan fingerprint density at radius 3 is 2.66 bits per heavy atom. The van der Waals surface area contributed by atoms with Crippen LogP contribution >= 0.6 is 0 Å².